The number of nitrogens with zero attached hydrogens (tertiary/aromatic N) is 2. The summed E-state index contributed by atoms with van der Waals surface area (Å²) in [5.41, 5.74) is 1.30. The van der Waals surface area contributed by atoms with Gasteiger partial charge in [0, 0.05) is 43.3 Å². The number of hydrogen-bond donors (Lipinski definition) is 1. The van der Waals surface area contributed by atoms with Gasteiger partial charge in [0.2, 0.25) is 5.91 Å². The van der Waals surface area contributed by atoms with E-state index in [1.165, 1.54) is 19.2 Å². The van der Waals surface area contributed by atoms with E-state index in [1.54, 1.807) is 35.2 Å². The van der Waals surface area contributed by atoms with Crippen molar-refractivity contribution in [3.05, 3.63) is 64.4 Å². The molecule has 1 aliphatic rings. The van der Waals surface area contributed by atoms with E-state index in [0.29, 0.717) is 49.1 Å². The molecule has 1 aliphatic heterocycles. The van der Waals surface area contributed by atoms with Crippen LogP contribution in [0.4, 0.5) is 4.39 Å². The summed E-state index contributed by atoms with van der Waals surface area (Å²) in [6, 6.07) is 11.2. The van der Waals surface area contributed by atoms with Gasteiger partial charge in [-0.15, -0.1) is 0 Å². The molecule has 3 rings (SSSR count). The van der Waals surface area contributed by atoms with Gasteiger partial charge in [0.25, 0.3) is 5.91 Å². The molecule has 0 aromatic heterocycles. The van der Waals surface area contributed by atoms with Gasteiger partial charge in [0.15, 0.2) is 0 Å². The number of carbonyl (C=O) groups is 2. The molecule has 29 heavy (non-hydrogen) atoms. The Morgan fingerprint density at radius 3 is 2.59 bits per heavy atom. The van der Waals surface area contributed by atoms with Crippen molar-refractivity contribution in [1.82, 2.24) is 15.1 Å². The number of nitrogens with one attached hydrogen (secondary N) is 1. The Balaban J connectivity index is 1.45. The second-order valence-electron chi connectivity index (χ2n) is 6.81. The molecule has 1 heterocycles. The fourth-order valence-electron chi connectivity index (χ4n) is 3.18. The maximum Gasteiger partial charge on any atom is 0.251 e. The number of benzene rings is 2. The van der Waals surface area contributed by atoms with Gasteiger partial charge in [-0.2, -0.15) is 0 Å². The lowest BCUT2D eigenvalue weighted by atomic mass is 10.2. The molecule has 0 bridgehead atoms. The summed E-state index contributed by atoms with van der Waals surface area (Å²) in [5, 5.41) is 3.07. The quantitative estimate of drug-likeness (QED) is 0.781. The minimum Gasteiger partial charge on any atom is -0.497 e. The number of piperazine rings is 1. The van der Waals surface area contributed by atoms with Gasteiger partial charge in [0.05, 0.1) is 13.7 Å². The Kier molecular flexibility index (Phi) is 7.06. The molecule has 8 heteroatoms. The molecule has 2 aromatic rings. The van der Waals surface area contributed by atoms with Crippen molar-refractivity contribution in [2.45, 2.75) is 6.54 Å². The number of amides is 2. The van der Waals surface area contributed by atoms with Crippen molar-refractivity contribution < 1.29 is 18.7 Å². The van der Waals surface area contributed by atoms with Crippen LogP contribution in [0.5, 0.6) is 5.75 Å². The molecule has 0 saturated carbocycles. The Bertz CT molecular complexity index is 885. The monoisotopic (exact) mass is 419 g/mol. The summed E-state index contributed by atoms with van der Waals surface area (Å²) in [7, 11) is 1.53. The summed E-state index contributed by atoms with van der Waals surface area (Å²) < 4.78 is 18.3. The summed E-state index contributed by atoms with van der Waals surface area (Å²) in [5.74, 6) is -0.214. The average Bonchev–Trinajstić information content (AvgIpc) is 2.74. The summed E-state index contributed by atoms with van der Waals surface area (Å²) >= 11 is 6.09. The highest BCUT2D eigenvalue weighted by Crippen LogP contribution is 2.19. The van der Waals surface area contributed by atoms with Gasteiger partial charge >= 0.3 is 0 Å². The van der Waals surface area contributed by atoms with Crippen molar-refractivity contribution >= 4 is 23.4 Å². The van der Waals surface area contributed by atoms with Gasteiger partial charge in [-0.1, -0.05) is 23.7 Å². The number of ether oxygens (including phenoxy) is 1. The lowest BCUT2D eigenvalue weighted by Crippen LogP contribution is -2.50. The molecular formula is C21H23ClFN3O3. The smallest absolute Gasteiger partial charge is 0.251 e. The van der Waals surface area contributed by atoms with E-state index in [1.807, 2.05) is 0 Å². The van der Waals surface area contributed by atoms with Gasteiger partial charge in [-0.05, 0) is 35.9 Å². The van der Waals surface area contributed by atoms with Gasteiger partial charge in [-0.25, -0.2) is 4.39 Å². The van der Waals surface area contributed by atoms with Crippen LogP contribution in [-0.4, -0.2) is 61.4 Å². The van der Waals surface area contributed by atoms with E-state index in [9.17, 15) is 14.0 Å². The third-order valence-electron chi connectivity index (χ3n) is 4.87. The molecule has 0 unspecified atom stereocenters. The highest BCUT2D eigenvalue weighted by molar-refractivity contribution is 6.31. The van der Waals surface area contributed by atoms with Gasteiger partial charge < -0.3 is 15.0 Å². The van der Waals surface area contributed by atoms with Crippen LogP contribution in [0.25, 0.3) is 0 Å². The van der Waals surface area contributed by atoms with Crippen LogP contribution in [0.2, 0.25) is 5.02 Å². The SMILES string of the molecule is COc1cccc(C(=O)NCC(=O)N2CCN(Cc3ccc(F)cc3Cl)CC2)c1. The minimum atomic E-state index is -0.356. The lowest BCUT2D eigenvalue weighted by molar-refractivity contribution is -0.131. The standard InChI is InChI=1S/C21H23ClFN3O3/c1-29-18-4-2-3-15(11-18)21(28)24-13-20(27)26-9-7-25(8-10-26)14-16-5-6-17(23)12-19(16)22/h2-6,11-12H,7-10,13-14H2,1H3,(H,24,28). The predicted molar refractivity (Wildman–Crippen MR) is 109 cm³/mol. The molecule has 0 aliphatic carbocycles. The van der Waals surface area contributed by atoms with E-state index in [4.69, 9.17) is 16.3 Å². The molecule has 2 aromatic carbocycles. The molecule has 0 spiro atoms. The number of halogens is 2. The highest BCUT2D eigenvalue weighted by Gasteiger charge is 2.22. The van der Waals surface area contributed by atoms with Crippen LogP contribution in [0.1, 0.15) is 15.9 Å². The van der Waals surface area contributed by atoms with Crippen LogP contribution in [0.3, 0.4) is 0 Å². The fraction of sp³-hybridized carbons (Fsp3) is 0.333. The molecule has 1 fully saturated rings. The number of hydrogen-bond acceptors (Lipinski definition) is 4. The third-order valence-corrected chi connectivity index (χ3v) is 5.22. The second-order valence-corrected chi connectivity index (χ2v) is 7.21. The Morgan fingerprint density at radius 1 is 1.14 bits per heavy atom. The van der Waals surface area contributed by atoms with Gasteiger partial charge in [-0.3, -0.25) is 14.5 Å². The zero-order valence-corrected chi connectivity index (χ0v) is 16.9. The first-order valence-corrected chi connectivity index (χ1v) is 9.70. The number of rotatable bonds is 6. The minimum absolute atomic E-state index is 0.0557. The Hall–Kier alpha value is -2.64. The topological polar surface area (TPSA) is 61.9 Å². The molecule has 1 N–H and O–H groups in total. The molecule has 1 saturated heterocycles. The normalized spacial score (nSPS) is 14.5. The predicted octanol–water partition coefficient (Wildman–Crippen LogP) is 2.56. The largest absolute Gasteiger partial charge is 0.497 e. The van der Waals surface area contributed by atoms with Crippen LogP contribution in [0, 0.1) is 5.82 Å². The van der Waals surface area contributed by atoms with Crippen molar-refractivity contribution in [1.29, 1.82) is 0 Å². The van der Waals surface area contributed by atoms with Crippen LogP contribution in [-0.2, 0) is 11.3 Å². The first kappa shape index (κ1) is 21.1. The number of methoxy groups -OCH3 is 1. The third kappa shape index (κ3) is 5.68. The summed E-state index contributed by atoms with van der Waals surface area (Å²) in [6.45, 7) is 3.04. The molecular weight excluding hydrogens is 397 g/mol. The van der Waals surface area contributed by atoms with Crippen molar-refractivity contribution in [3.8, 4) is 5.75 Å². The van der Waals surface area contributed by atoms with Crippen LogP contribution in [0.15, 0.2) is 42.5 Å². The van der Waals surface area contributed by atoms with Crippen molar-refractivity contribution in [2.24, 2.45) is 0 Å². The lowest BCUT2D eigenvalue weighted by Gasteiger charge is -2.35. The Labute approximate surface area is 174 Å². The molecule has 0 atom stereocenters. The van der Waals surface area contributed by atoms with Gasteiger partial charge in [0.1, 0.15) is 11.6 Å². The van der Waals surface area contributed by atoms with E-state index < -0.39 is 0 Å². The summed E-state index contributed by atoms with van der Waals surface area (Å²) in [4.78, 5) is 28.5. The zero-order valence-electron chi connectivity index (χ0n) is 16.2. The van der Waals surface area contributed by atoms with E-state index >= 15 is 0 Å². The fourth-order valence-corrected chi connectivity index (χ4v) is 3.41. The van der Waals surface area contributed by atoms with E-state index in [2.05, 4.69) is 10.2 Å². The summed E-state index contributed by atoms with van der Waals surface area (Å²) in [6.07, 6.45) is 0. The number of carbonyl (C=O) groups excluding carboxylic acids is 2. The Morgan fingerprint density at radius 2 is 1.90 bits per heavy atom. The first-order chi connectivity index (χ1) is 14.0. The highest BCUT2D eigenvalue weighted by atomic mass is 35.5. The maximum absolute atomic E-state index is 13.2. The second kappa shape index (κ2) is 9.71. The zero-order chi connectivity index (χ0) is 20.8. The maximum atomic E-state index is 13.2. The van der Waals surface area contributed by atoms with E-state index in [-0.39, 0.29) is 24.2 Å². The van der Waals surface area contributed by atoms with E-state index in [0.717, 1.165) is 5.56 Å². The molecule has 2 amide bonds. The van der Waals surface area contributed by atoms with Crippen LogP contribution < -0.4 is 10.1 Å². The van der Waals surface area contributed by atoms with Crippen LogP contribution >= 0.6 is 11.6 Å². The molecule has 0 radical (unpaired) electrons. The molecule has 6 nitrogen and oxygen atoms in total. The average molecular weight is 420 g/mol. The molecule has 154 valence electrons. The van der Waals surface area contributed by atoms with Crippen molar-refractivity contribution in [2.75, 3.05) is 39.8 Å². The van der Waals surface area contributed by atoms with Crippen molar-refractivity contribution in [3.63, 3.8) is 0 Å². The first-order valence-electron chi connectivity index (χ1n) is 9.32.